The number of furan rings is 1. The van der Waals surface area contributed by atoms with Gasteiger partial charge in [-0.05, 0) is 36.6 Å². The lowest BCUT2D eigenvalue weighted by atomic mass is 10.1. The summed E-state index contributed by atoms with van der Waals surface area (Å²) >= 11 is 6.11. The number of aryl methyl sites for hydroxylation is 1. The summed E-state index contributed by atoms with van der Waals surface area (Å²) in [5.74, 6) is 0.775. The number of aromatic nitrogens is 1. The van der Waals surface area contributed by atoms with Gasteiger partial charge in [-0.2, -0.15) is 0 Å². The van der Waals surface area contributed by atoms with Gasteiger partial charge in [-0.3, -0.25) is 4.98 Å². The number of hydrogen-bond acceptors (Lipinski definition) is 3. The van der Waals surface area contributed by atoms with Crippen molar-refractivity contribution in [1.82, 2.24) is 4.98 Å². The van der Waals surface area contributed by atoms with Crippen LogP contribution in [0.4, 0.5) is 0 Å². The first-order chi connectivity index (χ1) is 9.74. The Hall–Kier alpha value is -1.84. The quantitative estimate of drug-likeness (QED) is 0.785. The molecule has 2 aromatic heterocycles. The maximum absolute atomic E-state index is 6.20. The number of benzene rings is 1. The molecule has 1 atom stereocenters. The molecule has 3 nitrogen and oxygen atoms in total. The van der Waals surface area contributed by atoms with Crippen molar-refractivity contribution in [3.05, 3.63) is 65.1 Å². The van der Waals surface area contributed by atoms with E-state index in [2.05, 4.69) is 11.1 Å². The van der Waals surface area contributed by atoms with Crippen LogP contribution in [-0.2, 0) is 6.42 Å². The van der Waals surface area contributed by atoms with Crippen LogP contribution in [0.5, 0.6) is 0 Å². The first-order valence-corrected chi connectivity index (χ1v) is 6.94. The molecule has 4 heteroatoms. The van der Waals surface area contributed by atoms with Crippen molar-refractivity contribution < 1.29 is 4.42 Å². The monoisotopic (exact) mass is 286 g/mol. The number of nitrogens with two attached hydrogens (primary N) is 1. The molecule has 2 N–H and O–H groups in total. The van der Waals surface area contributed by atoms with Gasteiger partial charge < -0.3 is 10.2 Å². The van der Waals surface area contributed by atoms with E-state index >= 15 is 0 Å². The molecule has 3 aromatic rings. The van der Waals surface area contributed by atoms with Crippen molar-refractivity contribution >= 4 is 22.6 Å². The standard InChI is InChI=1S/C16H15ClN2O/c17-13-5-1-4-12-9-15(20-16(12)13)14(18)7-6-11-3-2-8-19-10-11/h1-5,8-10,14H,6-7,18H2. The van der Waals surface area contributed by atoms with E-state index in [-0.39, 0.29) is 6.04 Å². The molecule has 1 unspecified atom stereocenters. The average Bonchev–Trinajstić information content (AvgIpc) is 2.91. The van der Waals surface area contributed by atoms with Crippen LogP contribution in [-0.4, -0.2) is 4.98 Å². The molecule has 0 aliphatic carbocycles. The summed E-state index contributed by atoms with van der Waals surface area (Å²) in [6.07, 6.45) is 5.32. The van der Waals surface area contributed by atoms with Crippen LogP contribution in [0, 0.1) is 0 Å². The van der Waals surface area contributed by atoms with Crippen LogP contribution in [0.25, 0.3) is 11.0 Å². The third kappa shape index (κ3) is 2.69. The van der Waals surface area contributed by atoms with Crippen LogP contribution < -0.4 is 5.73 Å². The Labute approximate surface area is 122 Å². The summed E-state index contributed by atoms with van der Waals surface area (Å²) in [4.78, 5) is 4.10. The average molecular weight is 287 g/mol. The summed E-state index contributed by atoms with van der Waals surface area (Å²) in [6.45, 7) is 0. The second-order valence-electron chi connectivity index (χ2n) is 4.81. The molecule has 1 aromatic carbocycles. The van der Waals surface area contributed by atoms with E-state index in [0.717, 1.165) is 24.0 Å². The molecule has 0 bridgehead atoms. The van der Waals surface area contributed by atoms with Gasteiger partial charge in [-0.1, -0.05) is 29.8 Å². The molecule has 0 saturated heterocycles. The topological polar surface area (TPSA) is 52.0 Å². The van der Waals surface area contributed by atoms with Gasteiger partial charge in [0.05, 0.1) is 11.1 Å². The normalized spacial score (nSPS) is 12.7. The van der Waals surface area contributed by atoms with Gasteiger partial charge in [0.1, 0.15) is 5.76 Å². The minimum atomic E-state index is -0.140. The summed E-state index contributed by atoms with van der Waals surface area (Å²) in [6, 6.07) is 11.5. The minimum absolute atomic E-state index is 0.140. The molecule has 0 spiro atoms. The fraction of sp³-hybridized carbons (Fsp3) is 0.188. The van der Waals surface area contributed by atoms with E-state index in [4.69, 9.17) is 21.8 Å². The van der Waals surface area contributed by atoms with E-state index in [1.165, 1.54) is 5.56 Å². The van der Waals surface area contributed by atoms with Gasteiger partial charge in [0.2, 0.25) is 0 Å². The van der Waals surface area contributed by atoms with Crippen molar-refractivity contribution in [2.45, 2.75) is 18.9 Å². The predicted molar refractivity (Wildman–Crippen MR) is 80.7 cm³/mol. The Kier molecular flexibility index (Phi) is 3.72. The van der Waals surface area contributed by atoms with E-state index in [9.17, 15) is 0 Å². The van der Waals surface area contributed by atoms with Crippen LogP contribution >= 0.6 is 11.6 Å². The zero-order chi connectivity index (χ0) is 13.9. The highest BCUT2D eigenvalue weighted by atomic mass is 35.5. The fourth-order valence-corrected chi connectivity index (χ4v) is 2.46. The Morgan fingerprint density at radius 1 is 1.25 bits per heavy atom. The lowest BCUT2D eigenvalue weighted by Crippen LogP contribution is -2.10. The number of halogens is 1. The molecule has 102 valence electrons. The second-order valence-corrected chi connectivity index (χ2v) is 5.22. The Balaban J connectivity index is 1.75. The number of hydrogen-bond donors (Lipinski definition) is 1. The molecule has 20 heavy (non-hydrogen) atoms. The number of pyridine rings is 1. The van der Waals surface area contributed by atoms with E-state index in [1.54, 1.807) is 6.20 Å². The van der Waals surface area contributed by atoms with Gasteiger partial charge in [0.15, 0.2) is 5.58 Å². The van der Waals surface area contributed by atoms with Crippen molar-refractivity contribution in [2.75, 3.05) is 0 Å². The molecule has 3 rings (SSSR count). The zero-order valence-corrected chi connectivity index (χ0v) is 11.7. The maximum atomic E-state index is 6.20. The smallest absolute Gasteiger partial charge is 0.152 e. The van der Waals surface area contributed by atoms with Gasteiger partial charge >= 0.3 is 0 Å². The van der Waals surface area contributed by atoms with Gasteiger partial charge in [0.25, 0.3) is 0 Å². The van der Waals surface area contributed by atoms with Gasteiger partial charge in [0, 0.05) is 17.8 Å². The Morgan fingerprint density at radius 2 is 2.15 bits per heavy atom. The molecule has 2 heterocycles. The van der Waals surface area contributed by atoms with Crippen LogP contribution in [0.1, 0.15) is 23.8 Å². The maximum Gasteiger partial charge on any atom is 0.152 e. The Morgan fingerprint density at radius 3 is 2.90 bits per heavy atom. The first kappa shape index (κ1) is 13.2. The number of nitrogens with zero attached hydrogens (tertiary/aromatic N) is 1. The lowest BCUT2D eigenvalue weighted by Gasteiger charge is -2.08. The number of fused-ring (bicyclic) bond motifs is 1. The van der Waals surface area contributed by atoms with Gasteiger partial charge in [-0.15, -0.1) is 0 Å². The van der Waals surface area contributed by atoms with Crippen molar-refractivity contribution in [3.63, 3.8) is 0 Å². The Bertz CT molecular complexity index is 709. The molecular formula is C16H15ClN2O. The van der Waals surface area contributed by atoms with Crippen LogP contribution in [0.2, 0.25) is 5.02 Å². The molecule has 0 aliphatic heterocycles. The molecule has 0 aliphatic rings. The molecule has 0 fully saturated rings. The third-order valence-electron chi connectivity index (χ3n) is 3.35. The van der Waals surface area contributed by atoms with Crippen LogP contribution in [0.3, 0.4) is 0 Å². The highest BCUT2D eigenvalue weighted by molar-refractivity contribution is 6.34. The summed E-state index contributed by atoms with van der Waals surface area (Å²) in [5.41, 5.74) is 8.09. The summed E-state index contributed by atoms with van der Waals surface area (Å²) < 4.78 is 5.78. The third-order valence-corrected chi connectivity index (χ3v) is 3.65. The highest BCUT2D eigenvalue weighted by Crippen LogP contribution is 2.29. The van der Waals surface area contributed by atoms with Gasteiger partial charge in [-0.25, -0.2) is 0 Å². The zero-order valence-electron chi connectivity index (χ0n) is 10.9. The van der Waals surface area contributed by atoms with Crippen molar-refractivity contribution in [2.24, 2.45) is 5.73 Å². The predicted octanol–water partition coefficient (Wildman–Crippen LogP) is 4.11. The lowest BCUT2D eigenvalue weighted by molar-refractivity contribution is 0.478. The van der Waals surface area contributed by atoms with E-state index < -0.39 is 0 Å². The molecular weight excluding hydrogens is 272 g/mol. The second kappa shape index (κ2) is 5.65. The van der Waals surface area contributed by atoms with Crippen molar-refractivity contribution in [3.8, 4) is 0 Å². The number of para-hydroxylation sites is 1. The summed E-state index contributed by atoms with van der Waals surface area (Å²) in [7, 11) is 0. The first-order valence-electron chi connectivity index (χ1n) is 6.56. The van der Waals surface area contributed by atoms with E-state index in [1.807, 2.05) is 36.5 Å². The molecule has 0 radical (unpaired) electrons. The van der Waals surface area contributed by atoms with Crippen molar-refractivity contribution in [1.29, 1.82) is 0 Å². The highest BCUT2D eigenvalue weighted by Gasteiger charge is 2.13. The fourth-order valence-electron chi connectivity index (χ4n) is 2.24. The molecule has 0 saturated carbocycles. The number of rotatable bonds is 4. The van der Waals surface area contributed by atoms with E-state index in [0.29, 0.717) is 10.6 Å². The minimum Gasteiger partial charge on any atom is -0.458 e. The summed E-state index contributed by atoms with van der Waals surface area (Å²) in [5, 5.41) is 1.61. The molecule has 0 amide bonds. The largest absolute Gasteiger partial charge is 0.458 e. The van der Waals surface area contributed by atoms with Crippen LogP contribution in [0.15, 0.2) is 53.2 Å². The SMILES string of the molecule is NC(CCc1cccnc1)c1cc2cccc(Cl)c2o1.